The van der Waals surface area contributed by atoms with Gasteiger partial charge in [0, 0.05) is 65.7 Å². The number of nitrogens with zero attached hydrogens (tertiary/aromatic N) is 5. The van der Waals surface area contributed by atoms with Gasteiger partial charge in [0.2, 0.25) is 0 Å². The van der Waals surface area contributed by atoms with Crippen LogP contribution in [0.4, 0.5) is 5.69 Å². The van der Waals surface area contributed by atoms with E-state index in [1.165, 1.54) is 40.8 Å². The summed E-state index contributed by atoms with van der Waals surface area (Å²) in [5, 5.41) is 7.16. The number of anilines is 1. The first-order valence-electron chi connectivity index (χ1n) is 17.6. The molecule has 50 heavy (non-hydrogen) atoms. The lowest BCUT2D eigenvalue weighted by atomic mass is 9.97. The third-order valence-corrected chi connectivity index (χ3v) is 9.78. The van der Waals surface area contributed by atoms with Crippen LogP contribution in [0, 0.1) is 19.8 Å². The second-order valence-corrected chi connectivity index (χ2v) is 13.9. The molecule has 0 radical (unpaired) electrons. The van der Waals surface area contributed by atoms with Gasteiger partial charge >= 0.3 is 0 Å². The average Bonchev–Trinajstić information content (AvgIpc) is 3.88. The van der Waals surface area contributed by atoms with Crippen LogP contribution < -0.4 is 14.4 Å². The number of methoxy groups -OCH3 is 1. The zero-order valence-electron chi connectivity index (χ0n) is 29.5. The Morgan fingerprint density at radius 2 is 1.54 bits per heavy atom. The first-order valence-corrected chi connectivity index (χ1v) is 17.6. The van der Waals surface area contributed by atoms with Crippen LogP contribution in [0.3, 0.4) is 0 Å². The lowest BCUT2D eigenvalue weighted by Crippen LogP contribution is -2.17. The second-order valence-electron chi connectivity index (χ2n) is 13.9. The highest BCUT2D eigenvalue weighted by Gasteiger charge is 2.18. The average molecular weight is 662 g/mol. The molecule has 1 aliphatic rings. The van der Waals surface area contributed by atoms with Gasteiger partial charge in [0.15, 0.2) is 0 Å². The maximum absolute atomic E-state index is 6.69. The monoisotopic (exact) mass is 661 g/mol. The van der Waals surface area contributed by atoms with Crippen LogP contribution in [0.5, 0.6) is 17.2 Å². The molecule has 0 bridgehead atoms. The van der Waals surface area contributed by atoms with E-state index in [4.69, 9.17) is 19.6 Å². The van der Waals surface area contributed by atoms with Gasteiger partial charge in [-0.05, 0) is 110 Å². The van der Waals surface area contributed by atoms with Crippen molar-refractivity contribution >= 4 is 27.5 Å². The van der Waals surface area contributed by atoms with Crippen molar-refractivity contribution in [3.05, 3.63) is 120 Å². The highest BCUT2D eigenvalue weighted by molar-refractivity contribution is 6.09. The molecular weight excluding hydrogens is 619 g/mol. The van der Waals surface area contributed by atoms with Crippen LogP contribution in [0.2, 0.25) is 0 Å². The Kier molecular flexibility index (Phi) is 8.27. The Morgan fingerprint density at radius 3 is 2.32 bits per heavy atom. The summed E-state index contributed by atoms with van der Waals surface area (Å²) in [4.78, 5) is 7.22. The van der Waals surface area contributed by atoms with Gasteiger partial charge in [0.05, 0.1) is 30.0 Å². The largest absolute Gasteiger partial charge is 0.497 e. The van der Waals surface area contributed by atoms with Crippen molar-refractivity contribution < 1.29 is 9.47 Å². The van der Waals surface area contributed by atoms with Gasteiger partial charge in [0.1, 0.15) is 23.1 Å². The molecule has 3 aromatic heterocycles. The Labute approximate surface area is 293 Å². The molecule has 0 N–H and O–H groups in total. The van der Waals surface area contributed by atoms with Crippen LogP contribution in [-0.2, 0) is 6.42 Å². The molecule has 7 aromatic rings. The van der Waals surface area contributed by atoms with Gasteiger partial charge in [-0.15, -0.1) is 0 Å². The quantitative estimate of drug-likeness (QED) is 0.154. The molecule has 0 spiro atoms. The molecule has 7 nitrogen and oxygen atoms in total. The molecule has 0 atom stereocenters. The predicted octanol–water partition coefficient (Wildman–Crippen LogP) is 10.2. The molecule has 0 unspecified atom stereocenters. The summed E-state index contributed by atoms with van der Waals surface area (Å²) in [5.74, 6) is 3.57. The maximum Gasteiger partial charge on any atom is 0.141 e. The van der Waals surface area contributed by atoms with Crippen LogP contribution in [0.25, 0.3) is 44.4 Å². The van der Waals surface area contributed by atoms with E-state index in [1.54, 1.807) is 13.3 Å². The zero-order valence-corrected chi connectivity index (χ0v) is 29.5. The third-order valence-electron chi connectivity index (χ3n) is 9.78. The summed E-state index contributed by atoms with van der Waals surface area (Å²) in [7, 11) is 1.68. The van der Waals surface area contributed by atoms with Crippen molar-refractivity contribution in [2.45, 2.75) is 47.0 Å². The Bertz CT molecular complexity index is 2320. The van der Waals surface area contributed by atoms with E-state index in [0.717, 1.165) is 75.6 Å². The number of rotatable bonds is 9. The standard InChI is InChI=1S/C43H43N5O2/c1-28(2)18-31-21-34(47-27-32(26-45-47)43-29(3)19-33(20-30(43)4)46-16-8-9-17-46)23-37(22-31)50-36-12-13-39-38-10-6-7-11-40(38)48(41(39)24-36)42-25-35(49-5)14-15-44-42/h6-7,10-15,19-28H,8-9,16-18H2,1-5H3. The van der Waals surface area contributed by atoms with E-state index in [1.807, 2.05) is 23.0 Å². The van der Waals surface area contributed by atoms with Gasteiger partial charge in [-0.25, -0.2) is 9.67 Å². The van der Waals surface area contributed by atoms with E-state index < -0.39 is 0 Å². The summed E-state index contributed by atoms with van der Waals surface area (Å²) in [6.45, 7) is 11.2. The third kappa shape index (κ3) is 5.98. The number of hydrogen-bond donors (Lipinski definition) is 0. The van der Waals surface area contributed by atoms with Gasteiger partial charge in [-0.3, -0.25) is 4.57 Å². The Hall–Kier alpha value is -5.56. The second kappa shape index (κ2) is 13.0. The molecule has 1 fully saturated rings. The smallest absolute Gasteiger partial charge is 0.141 e. The summed E-state index contributed by atoms with van der Waals surface area (Å²) in [5.41, 5.74) is 10.5. The number of para-hydroxylation sites is 1. The molecule has 4 aromatic carbocycles. The minimum absolute atomic E-state index is 0.494. The molecule has 0 saturated carbocycles. The predicted molar refractivity (Wildman–Crippen MR) is 204 cm³/mol. The lowest BCUT2D eigenvalue weighted by molar-refractivity contribution is 0.414. The van der Waals surface area contributed by atoms with Crippen LogP contribution in [-0.4, -0.2) is 39.5 Å². The number of pyridine rings is 1. The Morgan fingerprint density at radius 1 is 0.760 bits per heavy atom. The fraction of sp³-hybridized carbons (Fsp3) is 0.256. The van der Waals surface area contributed by atoms with E-state index >= 15 is 0 Å². The zero-order chi connectivity index (χ0) is 34.4. The summed E-state index contributed by atoms with van der Waals surface area (Å²) in [6, 6.07) is 29.7. The van der Waals surface area contributed by atoms with Crippen molar-refractivity contribution in [3.8, 4) is 39.9 Å². The minimum atomic E-state index is 0.494. The number of benzene rings is 4. The van der Waals surface area contributed by atoms with Crippen LogP contribution in [0.1, 0.15) is 43.4 Å². The van der Waals surface area contributed by atoms with Crippen molar-refractivity contribution in [2.75, 3.05) is 25.1 Å². The number of hydrogen-bond acceptors (Lipinski definition) is 5. The van der Waals surface area contributed by atoms with Crippen molar-refractivity contribution in [3.63, 3.8) is 0 Å². The minimum Gasteiger partial charge on any atom is -0.497 e. The fourth-order valence-corrected chi connectivity index (χ4v) is 7.62. The highest BCUT2D eigenvalue weighted by atomic mass is 16.5. The molecule has 4 heterocycles. The lowest BCUT2D eigenvalue weighted by Gasteiger charge is -2.20. The topological polar surface area (TPSA) is 57.3 Å². The van der Waals surface area contributed by atoms with Crippen LogP contribution in [0.15, 0.2) is 104 Å². The molecule has 1 saturated heterocycles. The van der Waals surface area contributed by atoms with Gasteiger partial charge in [0.25, 0.3) is 0 Å². The summed E-state index contributed by atoms with van der Waals surface area (Å²) in [6.07, 6.45) is 9.39. The number of fused-ring (bicyclic) bond motifs is 3. The molecule has 0 aliphatic carbocycles. The van der Waals surface area contributed by atoms with E-state index in [-0.39, 0.29) is 0 Å². The summed E-state index contributed by atoms with van der Waals surface area (Å²) < 4.78 is 16.4. The first kappa shape index (κ1) is 31.7. The highest BCUT2D eigenvalue weighted by Crippen LogP contribution is 2.37. The number of aromatic nitrogens is 4. The SMILES string of the molecule is COc1ccnc(-n2c3ccccc3c3ccc(Oc4cc(CC(C)C)cc(-n5cc(-c6c(C)cc(N7CCCC7)cc6C)cn5)c4)cc32)c1. The number of ether oxygens (including phenoxy) is 2. The molecule has 8 rings (SSSR count). The van der Waals surface area contributed by atoms with Gasteiger partial charge in [-0.1, -0.05) is 32.0 Å². The molecule has 252 valence electrons. The molecular formula is C43H43N5O2. The summed E-state index contributed by atoms with van der Waals surface area (Å²) >= 11 is 0. The van der Waals surface area contributed by atoms with Gasteiger partial charge in [-0.2, -0.15) is 5.10 Å². The fourth-order valence-electron chi connectivity index (χ4n) is 7.62. The molecule has 0 amide bonds. The van der Waals surface area contributed by atoms with E-state index in [0.29, 0.717) is 5.92 Å². The molecule has 7 heteroatoms. The van der Waals surface area contributed by atoms with E-state index in [2.05, 4.69) is 116 Å². The van der Waals surface area contributed by atoms with Crippen molar-refractivity contribution in [1.29, 1.82) is 0 Å². The van der Waals surface area contributed by atoms with Crippen molar-refractivity contribution in [2.24, 2.45) is 5.92 Å². The normalized spacial score (nSPS) is 13.2. The van der Waals surface area contributed by atoms with Gasteiger partial charge < -0.3 is 14.4 Å². The van der Waals surface area contributed by atoms with Crippen molar-refractivity contribution in [1.82, 2.24) is 19.3 Å². The van der Waals surface area contributed by atoms with Crippen LogP contribution >= 0.6 is 0 Å². The van der Waals surface area contributed by atoms with E-state index in [9.17, 15) is 0 Å². The Balaban J connectivity index is 1.16. The first-order chi connectivity index (χ1) is 24.3. The molecule has 1 aliphatic heterocycles. The number of aryl methyl sites for hydroxylation is 2. The maximum atomic E-state index is 6.69.